The van der Waals surface area contributed by atoms with Gasteiger partial charge in [0.25, 0.3) is 0 Å². The second-order valence-electron chi connectivity index (χ2n) is 2.94. The van der Waals surface area contributed by atoms with Crippen LogP contribution in [0.4, 0.5) is 4.39 Å². The Kier molecular flexibility index (Phi) is 4.10. The Balaban J connectivity index is 2.54. The van der Waals surface area contributed by atoms with Crippen molar-refractivity contribution in [2.24, 2.45) is 0 Å². The molecule has 0 radical (unpaired) electrons. The van der Waals surface area contributed by atoms with Crippen molar-refractivity contribution in [2.45, 2.75) is 6.54 Å². The molecule has 76 valence electrons. The molecule has 0 unspecified atom stereocenters. The van der Waals surface area contributed by atoms with Crippen LogP contribution in [-0.4, -0.2) is 11.7 Å². The summed E-state index contributed by atoms with van der Waals surface area (Å²) in [6.45, 7) is 4.76. The van der Waals surface area contributed by atoms with Crippen LogP contribution in [-0.2, 0) is 6.54 Å². The number of halogens is 2. The van der Waals surface area contributed by atoms with E-state index in [4.69, 9.17) is 5.11 Å². The number of phenols is 1. The molecule has 4 heteroatoms. The predicted octanol–water partition coefficient (Wildman–Crippen LogP) is 2.53. The Hall–Kier alpha value is -0.870. The van der Waals surface area contributed by atoms with Gasteiger partial charge in [0.05, 0.1) is 0 Å². The number of hydrogen-bond acceptors (Lipinski definition) is 2. The van der Waals surface area contributed by atoms with Crippen LogP contribution in [0.1, 0.15) is 5.56 Å². The summed E-state index contributed by atoms with van der Waals surface area (Å²) in [5, 5.41) is 12.1. The fraction of sp³-hybridized carbons (Fsp3) is 0.200. The molecular weight excluding hydrogens is 249 g/mol. The standard InChI is InChI=1S/C10H11BrFNO/c1-7(11)5-13-6-8-2-9(12)4-10(14)3-8/h2-4,13-14H,1,5-6H2. The predicted molar refractivity (Wildman–Crippen MR) is 57.8 cm³/mol. The molecule has 0 fully saturated rings. The lowest BCUT2D eigenvalue weighted by molar-refractivity contribution is 0.467. The van der Waals surface area contributed by atoms with Crippen molar-refractivity contribution in [3.8, 4) is 5.75 Å². The van der Waals surface area contributed by atoms with E-state index in [2.05, 4.69) is 27.8 Å². The van der Waals surface area contributed by atoms with Gasteiger partial charge in [-0.1, -0.05) is 22.5 Å². The van der Waals surface area contributed by atoms with Gasteiger partial charge in [0.2, 0.25) is 0 Å². The van der Waals surface area contributed by atoms with Gasteiger partial charge in [-0.2, -0.15) is 0 Å². The van der Waals surface area contributed by atoms with Crippen LogP contribution >= 0.6 is 15.9 Å². The number of rotatable bonds is 4. The zero-order valence-electron chi connectivity index (χ0n) is 7.56. The lowest BCUT2D eigenvalue weighted by Gasteiger charge is -2.04. The van der Waals surface area contributed by atoms with Gasteiger partial charge in [0, 0.05) is 23.6 Å². The van der Waals surface area contributed by atoms with Gasteiger partial charge < -0.3 is 10.4 Å². The molecule has 1 aromatic rings. The first-order chi connectivity index (χ1) is 6.58. The van der Waals surface area contributed by atoms with Crippen LogP contribution in [0.2, 0.25) is 0 Å². The molecule has 0 aromatic heterocycles. The van der Waals surface area contributed by atoms with Gasteiger partial charge in [-0.25, -0.2) is 4.39 Å². The van der Waals surface area contributed by atoms with E-state index in [9.17, 15) is 4.39 Å². The number of benzene rings is 1. The summed E-state index contributed by atoms with van der Waals surface area (Å²) in [5.74, 6) is -0.487. The average molecular weight is 260 g/mol. The first kappa shape index (κ1) is 11.2. The monoisotopic (exact) mass is 259 g/mol. The fourth-order valence-electron chi connectivity index (χ4n) is 1.08. The van der Waals surface area contributed by atoms with Crippen molar-refractivity contribution in [2.75, 3.05) is 6.54 Å². The van der Waals surface area contributed by atoms with Crippen LogP contribution in [0.3, 0.4) is 0 Å². The van der Waals surface area contributed by atoms with Gasteiger partial charge in [0.15, 0.2) is 0 Å². The third kappa shape index (κ3) is 3.89. The molecule has 0 saturated heterocycles. The minimum Gasteiger partial charge on any atom is -0.508 e. The maximum absolute atomic E-state index is 12.8. The molecular formula is C10H11BrFNO. The molecule has 0 amide bonds. The first-order valence-corrected chi connectivity index (χ1v) is 4.89. The summed E-state index contributed by atoms with van der Waals surface area (Å²) in [6, 6.07) is 3.98. The summed E-state index contributed by atoms with van der Waals surface area (Å²) in [7, 11) is 0. The molecule has 2 nitrogen and oxygen atoms in total. The van der Waals surface area contributed by atoms with Crippen LogP contribution in [0.25, 0.3) is 0 Å². The molecule has 0 spiro atoms. The van der Waals surface area contributed by atoms with Crippen LogP contribution in [0, 0.1) is 5.82 Å². The van der Waals surface area contributed by atoms with E-state index in [1.54, 1.807) is 0 Å². The average Bonchev–Trinajstić information content (AvgIpc) is 2.01. The van der Waals surface area contributed by atoms with E-state index in [0.29, 0.717) is 18.7 Å². The molecule has 1 rings (SSSR count). The quantitative estimate of drug-likeness (QED) is 0.871. The van der Waals surface area contributed by atoms with Gasteiger partial charge in [-0.05, 0) is 17.7 Å². The van der Waals surface area contributed by atoms with Gasteiger partial charge in [0.1, 0.15) is 11.6 Å². The minimum atomic E-state index is -0.431. The van der Waals surface area contributed by atoms with Crippen molar-refractivity contribution in [1.82, 2.24) is 5.32 Å². The van der Waals surface area contributed by atoms with Gasteiger partial charge >= 0.3 is 0 Å². The van der Waals surface area contributed by atoms with Crippen LogP contribution in [0.5, 0.6) is 5.75 Å². The molecule has 0 aliphatic rings. The second kappa shape index (κ2) is 5.12. The van der Waals surface area contributed by atoms with Crippen molar-refractivity contribution in [3.63, 3.8) is 0 Å². The van der Waals surface area contributed by atoms with Crippen molar-refractivity contribution in [3.05, 3.63) is 40.6 Å². The zero-order chi connectivity index (χ0) is 10.6. The summed E-state index contributed by atoms with van der Waals surface area (Å²) >= 11 is 3.20. The van der Waals surface area contributed by atoms with Gasteiger partial charge in [-0.15, -0.1) is 0 Å². The lowest BCUT2D eigenvalue weighted by Crippen LogP contribution is -2.14. The molecule has 0 heterocycles. The maximum Gasteiger partial charge on any atom is 0.127 e. The van der Waals surface area contributed by atoms with Crippen molar-refractivity contribution < 1.29 is 9.50 Å². The highest BCUT2D eigenvalue weighted by atomic mass is 79.9. The fourth-order valence-corrected chi connectivity index (χ4v) is 1.28. The molecule has 14 heavy (non-hydrogen) atoms. The van der Waals surface area contributed by atoms with E-state index >= 15 is 0 Å². The molecule has 2 N–H and O–H groups in total. The molecule has 0 atom stereocenters. The van der Waals surface area contributed by atoms with Crippen LogP contribution < -0.4 is 5.32 Å². The number of aromatic hydroxyl groups is 1. The Labute approximate surface area is 90.6 Å². The third-order valence-electron chi connectivity index (χ3n) is 1.59. The summed E-state index contributed by atoms with van der Waals surface area (Å²) in [6.07, 6.45) is 0. The number of nitrogens with one attached hydrogen (secondary N) is 1. The Morgan fingerprint density at radius 2 is 2.21 bits per heavy atom. The van der Waals surface area contributed by atoms with E-state index in [1.807, 2.05) is 0 Å². The Morgan fingerprint density at radius 3 is 2.79 bits per heavy atom. The highest BCUT2D eigenvalue weighted by molar-refractivity contribution is 9.11. The van der Waals surface area contributed by atoms with E-state index in [1.165, 1.54) is 12.1 Å². The van der Waals surface area contributed by atoms with E-state index < -0.39 is 5.82 Å². The Bertz CT molecular complexity index is 321. The normalized spacial score (nSPS) is 10.1. The minimum absolute atomic E-state index is 0.0560. The van der Waals surface area contributed by atoms with Crippen molar-refractivity contribution >= 4 is 15.9 Å². The summed E-state index contributed by atoms with van der Waals surface area (Å²) in [4.78, 5) is 0. The topological polar surface area (TPSA) is 32.3 Å². The second-order valence-corrected chi connectivity index (χ2v) is 4.06. The molecule has 0 saturated carbocycles. The Morgan fingerprint density at radius 1 is 1.50 bits per heavy atom. The zero-order valence-corrected chi connectivity index (χ0v) is 9.14. The van der Waals surface area contributed by atoms with Crippen molar-refractivity contribution in [1.29, 1.82) is 0 Å². The van der Waals surface area contributed by atoms with E-state index in [0.717, 1.165) is 10.5 Å². The molecule has 0 bridgehead atoms. The highest BCUT2D eigenvalue weighted by Crippen LogP contribution is 2.14. The summed E-state index contributed by atoms with van der Waals surface area (Å²) < 4.78 is 13.6. The van der Waals surface area contributed by atoms with Crippen LogP contribution in [0.15, 0.2) is 29.3 Å². The summed E-state index contributed by atoms with van der Waals surface area (Å²) in [5.41, 5.74) is 0.705. The molecule has 0 aliphatic carbocycles. The SMILES string of the molecule is C=C(Br)CNCc1cc(O)cc(F)c1. The number of hydrogen-bond donors (Lipinski definition) is 2. The lowest BCUT2D eigenvalue weighted by atomic mass is 10.2. The first-order valence-electron chi connectivity index (χ1n) is 4.10. The molecule has 1 aromatic carbocycles. The molecule has 0 aliphatic heterocycles. The third-order valence-corrected chi connectivity index (χ3v) is 1.87. The largest absolute Gasteiger partial charge is 0.508 e. The number of phenolic OH excluding ortho intramolecular Hbond substituents is 1. The van der Waals surface area contributed by atoms with E-state index in [-0.39, 0.29) is 5.75 Å². The smallest absolute Gasteiger partial charge is 0.127 e. The highest BCUT2D eigenvalue weighted by Gasteiger charge is 1.99. The maximum atomic E-state index is 12.8. The van der Waals surface area contributed by atoms with Gasteiger partial charge in [-0.3, -0.25) is 0 Å².